The molecule has 6 heteroatoms. The molecule has 0 aliphatic carbocycles. The molecule has 1 N–H and O–H groups in total. The minimum atomic E-state index is -0.440. The lowest BCUT2D eigenvalue weighted by Crippen LogP contribution is -2.23. The van der Waals surface area contributed by atoms with Gasteiger partial charge in [0.05, 0.1) is 7.11 Å². The third-order valence-electron chi connectivity index (χ3n) is 3.82. The Kier molecular flexibility index (Phi) is 5.40. The summed E-state index contributed by atoms with van der Waals surface area (Å²) in [4.78, 5) is 12.3. The molecule has 1 aliphatic rings. The third kappa shape index (κ3) is 3.95. The van der Waals surface area contributed by atoms with Gasteiger partial charge in [0.1, 0.15) is 24.9 Å². The van der Waals surface area contributed by atoms with Crippen molar-refractivity contribution in [1.82, 2.24) is 5.32 Å². The molecule has 132 valence electrons. The van der Waals surface area contributed by atoms with Crippen molar-refractivity contribution >= 4 is 12.0 Å². The molecule has 1 heterocycles. The number of fused-ring (bicyclic) bond motifs is 1. The van der Waals surface area contributed by atoms with E-state index in [1.165, 1.54) is 13.2 Å². The zero-order valence-corrected chi connectivity index (χ0v) is 14.3. The number of nitriles is 1. The number of hydrogen-bond donors (Lipinski definition) is 1. The van der Waals surface area contributed by atoms with E-state index in [9.17, 15) is 10.1 Å². The number of carbonyl (C=O) groups is 1. The van der Waals surface area contributed by atoms with Crippen molar-refractivity contribution in [1.29, 1.82) is 5.26 Å². The summed E-state index contributed by atoms with van der Waals surface area (Å²) in [5.74, 6) is 1.12. The molecule has 3 rings (SSSR count). The van der Waals surface area contributed by atoms with Crippen LogP contribution in [0.3, 0.4) is 0 Å². The predicted octanol–water partition coefficient (Wildman–Crippen LogP) is 2.69. The van der Waals surface area contributed by atoms with Gasteiger partial charge in [-0.25, -0.2) is 0 Å². The van der Waals surface area contributed by atoms with Gasteiger partial charge in [-0.15, -0.1) is 0 Å². The normalized spacial score (nSPS) is 12.8. The van der Waals surface area contributed by atoms with Crippen molar-refractivity contribution < 1.29 is 19.0 Å². The van der Waals surface area contributed by atoms with E-state index in [0.29, 0.717) is 42.6 Å². The SMILES string of the molecule is COc1cc(C=C(C#N)C(=O)NCc2ccccc2)cc2c1OCCO2. The molecule has 1 aliphatic heterocycles. The Hall–Kier alpha value is -3.46. The summed E-state index contributed by atoms with van der Waals surface area (Å²) in [6, 6.07) is 14.9. The number of nitrogens with zero attached hydrogens (tertiary/aromatic N) is 1. The van der Waals surface area contributed by atoms with E-state index in [1.807, 2.05) is 36.4 Å². The second-order valence-electron chi connectivity index (χ2n) is 5.59. The van der Waals surface area contributed by atoms with Gasteiger partial charge in [0.2, 0.25) is 5.75 Å². The van der Waals surface area contributed by atoms with E-state index in [4.69, 9.17) is 14.2 Å². The summed E-state index contributed by atoms with van der Waals surface area (Å²) < 4.78 is 16.4. The molecule has 0 unspecified atom stereocenters. The molecule has 2 aromatic rings. The van der Waals surface area contributed by atoms with E-state index in [0.717, 1.165) is 5.56 Å². The Balaban J connectivity index is 1.80. The van der Waals surface area contributed by atoms with Crippen LogP contribution in [0.1, 0.15) is 11.1 Å². The number of benzene rings is 2. The minimum Gasteiger partial charge on any atom is -0.493 e. The molecule has 0 bridgehead atoms. The number of hydrogen-bond acceptors (Lipinski definition) is 5. The first-order valence-electron chi connectivity index (χ1n) is 8.13. The lowest BCUT2D eigenvalue weighted by atomic mass is 10.1. The van der Waals surface area contributed by atoms with Crippen LogP contribution >= 0.6 is 0 Å². The molecule has 6 nitrogen and oxygen atoms in total. The van der Waals surface area contributed by atoms with Crippen LogP contribution in [-0.4, -0.2) is 26.2 Å². The van der Waals surface area contributed by atoms with Crippen molar-refractivity contribution in [3.8, 4) is 23.3 Å². The van der Waals surface area contributed by atoms with Crippen molar-refractivity contribution in [2.24, 2.45) is 0 Å². The molecular weight excluding hydrogens is 332 g/mol. The molecule has 0 fully saturated rings. The molecule has 1 amide bonds. The third-order valence-corrected chi connectivity index (χ3v) is 3.82. The van der Waals surface area contributed by atoms with Gasteiger partial charge in [0.25, 0.3) is 5.91 Å². The highest BCUT2D eigenvalue weighted by Crippen LogP contribution is 2.40. The van der Waals surface area contributed by atoms with Gasteiger partial charge in [-0.1, -0.05) is 30.3 Å². The van der Waals surface area contributed by atoms with Crippen LogP contribution in [0.5, 0.6) is 17.2 Å². The van der Waals surface area contributed by atoms with Crippen molar-refractivity contribution in [3.05, 3.63) is 59.2 Å². The van der Waals surface area contributed by atoms with Gasteiger partial charge in [-0.3, -0.25) is 4.79 Å². The van der Waals surface area contributed by atoms with E-state index in [2.05, 4.69) is 5.32 Å². The van der Waals surface area contributed by atoms with Gasteiger partial charge in [-0.2, -0.15) is 5.26 Å². The number of methoxy groups -OCH3 is 1. The quantitative estimate of drug-likeness (QED) is 0.662. The Morgan fingerprint density at radius 3 is 2.77 bits per heavy atom. The predicted molar refractivity (Wildman–Crippen MR) is 95.9 cm³/mol. The standard InChI is InChI=1S/C20H18N2O4/c1-24-17-10-15(11-18-19(17)26-8-7-25-18)9-16(12-21)20(23)22-13-14-5-3-2-4-6-14/h2-6,9-11H,7-8,13H2,1H3,(H,22,23). The van der Waals surface area contributed by atoms with E-state index < -0.39 is 5.91 Å². The van der Waals surface area contributed by atoms with Crippen LogP contribution in [0.15, 0.2) is 48.0 Å². The molecule has 0 saturated carbocycles. The second kappa shape index (κ2) is 8.08. The highest BCUT2D eigenvalue weighted by atomic mass is 16.6. The largest absolute Gasteiger partial charge is 0.493 e. The van der Waals surface area contributed by atoms with Crippen LogP contribution < -0.4 is 19.5 Å². The van der Waals surface area contributed by atoms with Crippen molar-refractivity contribution in [3.63, 3.8) is 0 Å². The molecule has 2 aromatic carbocycles. The molecule has 0 atom stereocenters. The second-order valence-corrected chi connectivity index (χ2v) is 5.59. The van der Waals surface area contributed by atoms with Gasteiger partial charge >= 0.3 is 0 Å². The van der Waals surface area contributed by atoms with E-state index in [1.54, 1.807) is 12.1 Å². The van der Waals surface area contributed by atoms with Gasteiger partial charge in [-0.05, 0) is 29.3 Å². The van der Waals surface area contributed by atoms with E-state index >= 15 is 0 Å². The summed E-state index contributed by atoms with van der Waals surface area (Å²) in [5.41, 5.74) is 1.58. The van der Waals surface area contributed by atoms with Crippen LogP contribution in [-0.2, 0) is 11.3 Å². The maximum Gasteiger partial charge on any atom is 0.262 e. The van der Waals surface area contributed by atoms with E-state index in [-0.39, 0.29) is 5.57 Å². The lowest BCUT2D eigenvalue weighted by molar-refractivity contribution is -0.117. The number of ether oxygens (including phenoxy) is 3. The molecule has 0 aromatic heterocycles. The first-order chi connectivity index (χ1) is 12.7. The Morgan fingerprint density at radius 2 is 2.04 bits per heavy atom. The fourth-order valence-electron chi connectivity index (χ4n) is 2.57. The number of amides is 1. The fraction of sp³-hybridized carbons (Fsp3) is 0.200. The number of carbonyl (C=O) groups excluding carboxylic acids is 1. The van der Waals surface area contributed by atoms with Gasteiger partial charge in [0.15, 0.2) is 11.5 Å². The molecule has 0 spiro atoms. The molecule has 0 radical (unpaired) electrons. The topological polar surface area (TPSA) is 80.6 Å². The maximum atomic E-state index is 12.3. The summed E-state index contributed by atoms with van der Waals surface area (Å²) in [7, 11) is 1.53. The average Bonchev–Trinajstić information content (AvgIpc) is 2.70. The van der Waals surface area contributed by atoms with Crippen LogP contribution in [0.2, 0.25) is 0 Å². The fourth-order valence-corrected chi connectivity index (χ4v) is 2.57. The zero-order chi connectivity index (χ0) is 18.4. The van der Waals surface area contributed by atoms with Crippen LogP contribution in [0, 0.1) is 11.3 Å². The summed E-state index contributed by atoms with van der Waals surface area (Å²) >= 11 is 0. The molecule has 26 heavy (non-hydrogen) atoms. The first kappa shape index (κ1) is 17.4. The summed E-state index contributed by atoms with van der Waals surface area (Å²) in [6.07, 6.45) is 1.50. The van der Waals surface area contributed by atoms with Gasteiger partial charge < -0.3 is 19.5 Å². The first-order valence-corrected chi connectivity index (χ1v) is 8.13. The number of nitrogens with one attached hydrogen (secondary N) is 1. The minimum absolute atomic E-state index is 0.000313. The highest BCUT2D eigenvalue weighted by molar-refractivity contribution is 6.01. The van der Waals surface area contributed by atoms with Crippen LogP contribution in [0.4, 0.5) is 0 Å². The lowest BCUT2D eigenvalue weighted by Gasteiger charge is -2.21. The Morgan fingerprint density at radius 1 is 1.27 bits per heavy atom. The smallest absolute Gasteiger partial charge is 0.262 e. The van der Waals surface area contributed by atoms with Crippen molar-refractivity contribution in [2.75, 3.05) is 20.3 Å². The monoisotopic (exact) mass is 350 g/mol. The van der Waals surface area contributed by atoms with Gasteiger partial charge in [0, 0.05) is 6.54 Å². The van der Waals surface area contributed by atoms with Crippen LogP contribution in [0.25, 0.3) is 6.08 Å². The molecule has 0 saturated heterocycles. The Labute approximate surface area is 151 Å². The zero-order valence-electron chi connectivity index (χ0n) is 14.3. The molecular formula is C20H18N2O4. The Bertz CT molecular complexity index is 852. The number of rotatable bonds is 5. The summed E-state index contributed by atoms with van der Waals surface area (Å²) in [6.45, 7) is 1.24. The average molecular weight is 350 g/mol. The summed E-state index contributed by atoms with van der Waals surface area (Å²) in [5, 5.41) is 12.1. The van der Waals surface area contributed by atoms with Crippen molar-refractivity contribution in [2.45, 2.75) is 6.54 Å². The maximum absolute atomic E-state index is 12.3. The highest BCUT2D eigenvalue weighted by Gasteiger charge is 2.18.